The molecule has 0 atom stereocenters. The number of halogens is 1. The van der Waals surface area contributed by atoms with Crippen LogP contribution in [0.5, 0.6) is 0 Å². The lowest BCUT2D eigenvalue weighted by Gasteiger charge is -2.35. The maximum Gasteiger partial charge on any atom is 0.251 e. The molecule has 3 N–H and O–H groups in total. The molecule has 2 fully saturated rings. The Hall–Kier alpha value is -1.14. The maximum atomic E-state index is 12.2. The number of hydrogen-bond donors (Lipinski definition) is 2. The van der Waals surface area contributed by atoms with Crippen molar-refractivity contribution in [3.05, 3.63) is 35.4 Å². The van der Waals surface area contributed by atoms with Crippen LogP contribution in [0.1, 0.15) is 41.6 Å². The highest BCUT2D eigenvalue weighted by Crippen LogP contribution is 2.35. The summed E-state index contributed by atoms with van der Waals surface area (Å²) in [6.45, 7) is 1.86. The molecule has 5 nitrogen and oxygen atoms in total. The second-order valence-electron chi connectivity index (χ2n) is 5.76. The summed E-state index contributed by atoms with van der Waals surface area (Å²) >= 11 is 0. The van der Waals surface area contributed by atoms with Crippen molar-refractivity contribution in [2.75, 3.05) is 13.2 Å². The van der Waals surface area contributed by atoms with Crippen LogP contribution < -0.4 is 11.1 Å². The van der Waals surface area contributed by atoms with E-state index in [0.29, 0.717) is 25.3 Å². The highest BCUT2D eigenvalue weighted by atomic mass is 35.5. The minimum atomic E-state index is -0.371. The van der Waals surface area contributed by atoms with Crippen LogP contribution in [0.2, 0.25) is 0 Å². The van der Waals surface area contributed by atoms with Crippen molar-refractivity contribution in [2.45, 2.75) is 44.1 Å². The topological polar surface area (TPSA) is 73.6 Å². The van der Waals surface area contributed by atoms with Crippen molar-refractivity contribution in [1.82, 2.24) is 5.32 Å². The Kier molecular flexibility index (Phi) is 5.81. The third-order valence-corrected chi connectivity index (χ3v) is 4.35. The van der Waals surface area contributed by atoms with Crippen LogP contribution in [0.15, 0.2) is 24.3 Å². The second-order valence-corrected chi connectivity index (χ2v) is 5.76. The molecule has 1 aromatic carbocycles. The lowest BCUT2D eigenvalue weighted by molar-refractivity contribution is -0.179. The van der Waals surface area contributed by atoms with E-state index in [1.54, 1.807) is 0 Å². The molecule has 1 amide bonds. The van der Waals surface area contributed by atoms with Crippen molar-refractivity contribution in [3.8, 4) is 0 Å². The highest BCUT2D eigenvalue weighted by Gasteiger charge is 2.40. The van der Waals surface area contributed by atoms with Crippen LogP contribution in [0.25, 0.3) is 0 Å². The number of carbonyl (C=O) groups excluding carboxylic acids is 1. The van der Waals surface area contributed by atoms with Gasteiger partial charge < -0.3 is 20.5 Å². The smallest absolute Gasteiger partial charge is 0.251 e. The van der Waals surface area contributed by atoms with Crippen molar-refractivity contribution < 1.29 is 14.3 Å². The summed E-state index contributed by atoms with van der Waals surface area (Å²) in [5.41, 5.74) is 7.27. The highest BCUT2D eigenvalue weighted by molar-refractivity contribution is 5.94. The monoisotopic (exact) mass is 326 g/mol. The zero-order valence-corrected chi connectivity index (χ0v) is 13.4. The van der Waals surface area contributed by atoms with Gasteiger partial charge in [-0.25, -0.2) is 0 Å². The summed E-state index contributed by atoms with van der Waals surface area (Å²) in [4.78, 5) is 12.2. The first-order valence-electron chi connectivity index (χ1n) is 7.59. The molecule has 0 bridgehead atoms. The molecule has 1 aliphatic heterocycles. The molecule has 1 heterocycles. The predicted molar refractivity (Wildman–Crippen MR) is 85.9 cm³/mol. The van der Waals surface area contributed by atoms with E-state index in [1.807, 2.05) is 24.3 Å². The molecule has 0 aromatic heterocycles. The van der Waals surface area contributed by atoms with Gasteiger partial charge in [-0.05, 0) is 30.5 Å². The summed E-state index contributed by atoms with van der Waals surface area (Å²) in [6.07, 6.45) is 3.49. The van der Waals surface area contributed by atoms with Crippen molar-refractivity contribution in [1.29, 1.82) is 0 Å². The average molecular weight is 327 g/mol. The van der Waals surface area contributed by atoms with E-state index in [9.17, 15) is 4.79 Å². The van der Waals surface area contributed by atoms with Crippen molar-refractivity contribution in [2.24, 2.45) is 5.73 Å². The van der Waals surface area contributed by atoms with Crippen LogP contribution in [0.4, 0.5) is 0 Å². The first kappa shape index (κ1) is 17.2. The average Bonchev–Trinajstić information content (AvgIpc) is 2.98. The number of benzene rings is 1. The van der Waals surface area contributed by atoms with Gasteiger partial charge in [-0.15, -0.1) is 12.4 Å². The Morgan fingerprint density at radius 1 is 1.18 bits per heavy atom. The van der Waals surface area contributed by atoms with Gasteiger partial charge in [-0.3, -0.25) is 4.79 Å². The van der Waals surface area contributed by atoms with Crippen molar-refractivity contribution in [3.63, 3.8) is 0 Å². The SMILES string of the molecule is Cl.NCc1ccc(C(=O)NC2CCC3(CC2)OCCO3)cc1. The molecule has 122 valence electrons. The lowest BCUT2D eigenvalue weighted by Crippen LogP contribution is -2.44. The van der Waals surface area contributed by atoms with Crippen LogP contribution in [0, 0.1) is 0 Å². The van der Waals surface area contributed by atoms with E-state index in [2.05, 4.69) is 5.32 Å². The zero-order chi connectivity index (χ0) is 14.7. The molecule has 0 radical (unpaired) electrons. The fourth-order valence-corrected chi connectivity index (χ4v) is 3.05. The van der Waals surface area contributed by atoms with Gasteiger partial charge in [-0.1, -0.05) is 12.1 Å². The Balaban J connectivity index is 0.00000176. The Morgan fingerprint density at radius 2 is 1.77 bits per heavy atom. The van der Waals surface area contributed by atoms with Crippen LogP contribution in [0.3, 0.4) is 0 Å². The first-order valence-corrected chi connectivity index (χ1v) is 7.59. The van der Waals surface area contributed by atoms with Crippen LogP contribution >= 0.6 is 12.4 Å². The van der Waals surface area contributed by atoms with Gasteiger partial charge in [0, 0.05) is 31.0 Å². The number of nitrogens with two attached hydrogens (primary N) is 1. The summed E-state index contributed by atoms with van der Waals surface area (Å²) in [6, 6.07) is 7.64. The van der Waals surface area contributed by atoms with Gasteiger partial charge in [0.15, 0.2) is 5.79 Å². The molecular formula is C16H23ClN2O3. The fraction of sp³-hybridized carbons (Fsp3) is 0.562. The van der Waals surface area contributed by atoms with Crippen LogP contribution in [-0.4, -0.2) is 30.9 Å². The number of rotatable bonds is 3. The van der Waals surface area contributed by atoms with E-state index >= 15 is 0 Å². The molecule has 2 aliphatic rings. The van der Waals surface area contributed by atoms with Gasteiger partial charge in [-0.2, -0.15) is 0 Å². The third-order valence-electron chi connectivity index (χ3n) is 4.35. The minimum absolute atomic E-state index is 0. The normalized spacial score (nSPS) is 20.6. The Morgan fingerprint density at radius 3 is 2.32 bits per heavy atom. The molecular weight excluding hydrogens is 304 g/mol. The number of carbonyl (C=O) groups is 1. The zero-order valence-electron chi connectivity index (χ0n) is 12.5. The van der Waals surface area contributed by atoms with Gasteiger partial charge in [0.05, 0.1) is 13.2 Å². The van der Waals surface area contributed by atoms with Gasteiger partial charge in [0.25, 0.3) is 5.91 Å². The van der Waals surface area contributed by atoms with E-state index in [0.717, 1.165) is 31.2 Å². The summed E-state index contributed by atoms with van der Waals surface area (Å²) in [7, 11) is 0. The molecule has 6 heteroatoms. The van der Waals surface area contributed by atoms with Gasteiger partial charge in [0.1, 0.15) is 0 Å². The largest absolute Gasteiger partial charge is 0.349 e. The molecule has 3 rings (SSSR count). The van der Waals surface area contributed by atoms with E-state index in [1.165, 1.54) is 0 Å². The fourth-order valence-electron chi connectivity index (χ4n) is 3.05. The second kappa shape index (κ2) is 7.42. The van der Waals surface area contributed by atoms with Gasteiger partial charge >= 0.3 is 0 Å². The van der Waals surface area contributed by atoms with E-state index in [-0.39, 0.29) is 30.1 Å². The quantitative estimate of drug-likeness (QED) is 0.891. The summed E-state index contributed by atoms with van der Waals surface area (Å²) < 4.78 is 11.4. The van der Waals surface area contributed by atoms with Crippen LogP contribution in [-0.2, 0) is 16.0 Å². The molecule has 1 aliphatic carbocycles. The van der Waals surface area contributed by atoms with Gasteiger partial charge in [0.2, 0.25) is 0 Å². The number of ether oxygens (including phenoxy) is 2. The number of amides is 1. The first-order chi connectivity index (χ1) is 10.2. The minimum Gasteiger partial charge on any atom is -0.349 e. The molecule has 22 heavy (non-hydrogen) atoms. The molecule has 1 saturated carbocycles. The Bertz CT molecular complexity index is 491. The number of hydrogen-bond acceptors (Lipinski definition) is 4. The van der Waals surface area contributed by atoms with Crippen molar-refractivity contribution >= 4 is 18.3 Å². The third kappa shape index (κ3) is 3.79. The summed E-state index contributed by atoms with van der Waals surface area (Å²) in [5.74, 6) is -0.392. The predicted octanol–water partition coefficient (Wildman–Crippen LogP) is 1.98. The molecule has 1 spiro atoms. The molecule has 0 unspecified atom stereocenters. The van der Waals surface area contributed by atoms with E-state index < -0.39 is 0 Å². The molecule has 1 aromatic rings. The standard InChI is InChI=1S/C16H22N2O3.ClH/c17-11-12-1-3-13(4-2-12)15(19)18-14-5-7-16(8-6-14)20-9-10-21-16;/h1-4,14H,5-11,17H2,(H,18,19);1H. The summed E-state index contributed by atoms with van der Waals surface area (Å²) in [5, 5.41) is 3.10. The van der Waals surface area contributed by atoms with E-state index in [4.69, 9.17) is 15.2 Å². The maximum absolute atomic E-state index is 12.2. The number of nitrogens with one attached hydrogen (secondary N) is 1. The molecule has 1 saturated heterocycles. The Labute approximate surface area is 137 Å². The lowest BCUT2D eigenvalue weighted by atomic mass is 9.90.